The van der Waals surface area contributed by atoms with Gasteiger partial charge in [-0.1, -0.05) is 13.8 Å². The zero-order chi connectivity index (χ0) is 41.5. The average Bonchev–Trinajstić information content (AvgIpc) is 3.90. The van der Waals surface area contributed by atoms with Crippen molar-refractivity contribution in [3.05, 3.63) is 167 Å². The van der Waals surface area contributed by atoms with Gasteiger partial charge in [-0.05, 0) is 113 Å². The van der Waals surface area contributed by atoms with Crippen molar-refractivity contribution in [2.45, 2.75) is 38.8 Å². The molecule has 13 nitrogen and oxygen atoms in total. The molecular weight excluding hydrogens is 820 g/mol. The average molecular weight is 855 g/mol. The number of benzene rings is 2. The highest BCUT2D eigenvalue weighted by molar-refractivity contribution is 9.10. The van der Waals surface area contributed by atoms with Crippen LogP contribution in [0.15, 0.2) is 127 Å². The molecule has 0 saturated carbocycles. The van der Waals surface area contributed by atoms with Crippen LogP contribution in [-0.2, 0) is 0 Å². The zero-order valence-electron chi connectivity index (χ0n) is 31.6. The summed E-state index contributed by atoms with van der Waals surface area (Å²) in [6.07, 6.45) is 14.1. The molecule has 0 spiro atoms. The van der Waals surface area contributed by atoms with Crippen LogP contribution in [0.5, 0.6) is 0 Å². The van der Waals surface area contributed by atoms with Gasteiger partial charge in [-0.3, -0.25) is 19.6 Å². The van der Waals surface area contributed by atoms with Crippen LogP contribution in [0.2, 0.25) is 0 Å². The molecule has 6 heterocycles. The van der Waals surface area contributed by atoms with Gasteiger partial charge in [0.25, 0.3) is 11.8 Å². The van der Waals surface area contributed by atoms with Gasteiger partial charge >= 0.3 is 0 Å². The smallest absolute Gasteiger partial charge is 0.254 e. The number of carbonyl (C=O) groups excluding carboxylic acids is 2. The number of rotatable bonds is 10. The molecule has 0 aliphatic carbocycles. The molecule has 2 atom stereocenters. The van der Waals surface area contributed by atoms with Crippen LogP contribution in [0, 0.1) is 23.0 Å². The van der Waals surface area contributed by atoms with E-state index < -0.39 is 0 Å². The Morgan fingerprint density at radius 2 is 1.14 bits per heavy atom. The van der Waals surface area contributed by atoms with Crippen molar-refractivity contribution in [3.63, 3.8) is 0 Å². The zero-order valence-corrected chi connectivity index (χ0v) is 33.2. The molecule has 8 aromatic rings. The summed E-state index contributed by atoms with van der Waals surface area (Å²) in [5.74, 6) is -1.19. The SMILES string of the molecule is CC[C@H](NC(=O)c1cncc2c1cnn2-c1ccc(F)cc1)c1ccnc(Br)c1.CC[C@H](NC(=O)c1cncc2c1cnn2-c1ccc(F)cc1)c1ccnc(C#N)c1. The minimum Gasteiger partial charge on any atom is -0.345 e. The van der Waals surface area contributed by atoms with Gasteiger partial charge in [-0.15, -0.1) is 0 Å². The standard InChI is InChI=1S/C22H17FN6O.C21H17BrFN5O/c1-2-20(14-7-8-26-16(9-14)10-24)28-22(30)19-11-25-13-21-18(19)12-27-29(21)17-5-3-15(23)4-6-17;1-2-18(13-7-8-25-20(22)9-13)27-21(29)17-10-24-12-19-16(17)11-26-28(19)15-5-3-14(23)4-6-15/h3-9,11-13,20H,2H2,1H3,(H,28,30);3-12,18H,2H2,1H3,(H,27,29)/t20-;18-/m00/s1. The predicted octanol–water partition coefficient (Wildman–Crippen LogP) is 8.31. The van der Waals surface area contributed by atoms with E-state index in [9.17, 15) is 18.4 Å². The first-order chi connectivity index (χ1) is 28.7. The lowest BCUT2D eigenvalue weighted by molar-refractivity contribution is 0.0928. The maximum atomic E-state index is 13.2. The lowest BCUT2D eigenvalue weighted by Crippen LogP contribution is -2.28. The molecule has 0 aliphatic heterocycles. The molecule has 0 bridgehead atoms. The third-order valence-corrected chi connectivity index (χ3v) is 9.94. The monoisotopic (exact) mass is 853 g/mol. The van der Waals surface area contributed by atoms with Crippen molar-refractivity contribution in [2.24, 2.45) is 0 Å². The van der Waals surface area contributed by atoms with Crippen molar-refractivity contribution in [2.75, 3.05) is 0 Å². The number of aromatic nitrogens is 8. The number of hydrogen-bond acceptors (Lipinski definition) is 9. The van der Waals surface area contributed by atoms with E-state index in [1.165, 1.54) is 36.7 Å². The first-order valence-corrected chi connectivity index (χ1v) is 19.2. The Bertz CT molecular complexity index is 2820. The summed E-state index contributed by atoms with van der Waals surface area (Å²) in [5, 5.41) is 25.1. The van der Waals surface area contributed by atoms with E-state index in [4.69, 9.17) is 5.26 Å². The molecule has 2 aromatic carbocycles. The molecule has 0 radical (unpaired) electrons. The fraction of sp³-hybridized carbons (Fsp3) is 0.140. The van der Waals surface area contributed by atoms with Crippen LogP contribution < -0.4 is 10.6 Å². The highest BCUT2D eigenvalue weighted by Gasteiger charge is 2.21. The molecule has 0 saturated heterocycles. The van der Waals surface area contributed by atoms with E-state index in [0.717, 1.165) is 17.5 Å². The van der Waals surface area contributed by atoms with Gasteiger partial charge < -0.3 is 10.6 Å². The molecule has 6 aromatic heterocycles. The number of halogens is 3. The fourth-order valence-corrected chi connectivity index (χ4v) is 6.88. The van der Waals surface area contributed by atoms with Crippen molar-refractivity contribution < 1.29 is 18.4 Å². The summed E-state index contributed by atoms with van der Waals surface area (Å²) < 4.78 is 30.4. The number of carbonyl (C=O) groups is 2. The van der Waals surface area contributed by atoms with Crippen molar-refractivity contribution in [1.29, 1.82) is 5.26 Å². The van der Waals surface area contributed by atoms with Gasteiger partial charge in [0.05, 0.1) is 70.4 Å². The number of pyridine rings is 4. The van der Waals surface area contributed by atoms with E-state index in [1.807, 2.05) is 32.0 Å². The van der Waals surface area contributed by atoms with Crippen LogP contribution in [0.25, 0.3) is 33.2 Å². The van der Waals surface area contributed by atoms with Gasteiger partial charge in [0, 0.05) is 35.6 Å². The third-order valence-electron chi connectivity index (χ3n) is 9.51. The first-order valence-electron chi connectivity index (χ1n) is 18.4. The molecule has 0 unspecified atom stereocenters. The molecule has 0 fully saturated rings. The Kier molecular flexibility index (Phi) is 12.1. The predicted molar refractivity (Wildman–Crippen MR) is 220 cm³/mol. The van der Waals surface area contributed by atoms with Crippen molar-refractivity contribution in [3.8, 4) is 17.4 Å². The summed E-state index contributed by atoms with van der Waals surface area (Å²) in [6, 6.07) is 20.7. The van der Waals surface area contributed by atoms with E-state index in [2.05, 4.69) is 56.7 Å². The Hall–Kier alpha value is -7.25. The second-order valence-corrected chi connectivity index (χ2v) is 14.0. The maximum absolute atomic E-state index is 13.2. The summed E-state index contributed by atoms with van der Waals surface area (Å²) in [6.45, 7) is 3.95. The summed E-state index contributed by atoms with van der Waals surface area (Å²) in [4.78, 5) is 42.6. The highest BCUT2D eigenvalue weighted by atomic mass is 79.9. The number of nitrogens with one attached hydrogen (secondary N) is 2. The molecule has 59 heavy (non-hydrogen) atoms. The topological polar surface area (TPSA) is 169 Å². The van der Waals surface area contributed by atoms with Gasteiger partial charge in [0.2, 0.25) is 0 Å². The minimum atomic E-state index is -0.338. The molecule has 2 N–H and O–H groups in total. The summed E-state index contributed by atoms with van der Waals surface area (Å²) >= 11 is 3.36. The summed E-state index contributed by atoms with van der Waals surface area (Å²) in [5.41, 5.74) is 5.54. The lowest BCUT2D eigenvalue weighted by Gasteiger charge is -2.17. The number of amides is 2. The van der Waals surface area contributed by atoms with Crippen LogP contribution in [0.1, 0.15) is 76.3 Å². The number of hydrogen-bond donors (Lipinski definition) is 2. The van der Waals surface area contributed by atoms with E-state index in [0.29, 0.717) is 61.0 Å². The highest BCUT2D eigenvalue weighted by Crippen LogP contribution is 2.25. The Labute approximate surface area is 344 Å². The number of nitrogens with zero attached hydrogens (tertiary/aromatic N) is 9. The molecule has 8 rings (SSSR count). The van der Waals surface area contributed by atoms with E-state index >= 15 is 0 Å². The van der Waals surface area contributed by atoms with Gasteiger partial charge in [0.15, 0.2) is 0 Å². The molecule has 0 aliphatic rings. The molecule has 294 valence electrons. The first kappa shape index (κ1) is 40.0. The van der Waals surface area contributed by atoms with E-state index in [-0.39, 0.29) is 35.5 Å². The Morgan fingerprint density at radius 3 is 1.58 bits per heavy atom. The van der Waals surface area contributed by atoms with Crippen LogP contribution in [0.3, 0.4) is 0 Å². The molecular formula is C43H34BrF2N11O2. The van der Waals surface area contributed by atoms with Crippen LogP contribution in [-0.4, -0.2) is 51.3 Å². The Morgan fingerprint density at radius 1 is 0.678 bits per heavy atom. The summed E-state index contributed by atoms with van der Waals surface area (Å²) in [7, 11) is 0. The molecule has 16 heteroatoms. The molecule has 2 amide bonds. The van der Waals surface area contributed by atoms with Crippen LogP contribution in [0.4, 0.5) is 8.78 Å². The minimum absolute atomic E-state index is 0.163. The van der Waals surface area contributed by atoms with Crippen molar-refractivity contribution >= 4 is 49.6 Å². The van der Waals surface area contributed by atoms with Crippen LogP contribution >= 0.6 is 15.9 Å². The lowest BCUT2D eigenvalue weighted by atomic mass is 10.0. The number of nitriles is 1. The second kappa shape index (κ2) is 17.9. The van der Waals surface area contributed by atoms with Gasteiger partial charge in [-0.2, -0.15) is 15.5 Å². The van der Waals surface area contributed by atoms with E-state index in [1.54, 1.807) is 82.9 Å². The largest absolute Gasteiger partial charge is 0.345 e. The quantitative estimate of drug-likeness (QED) is 0.129. The third kappa shape index (κ3) is 8.85. The van der Waals surface area contributed by atoms with Crippen molar-refractivity contribution in [1.82, 2.24) is 50.1 Å². The van der Waals surface area contributed by atoms with Gasteiger partial charge in [-0.25, -0.2) is 28.1 Å². The second-order valence-electron chi connectivity index (χ2n) is 13.2. The number of fused-ring (bicyclic) bond motifs is 2. The fourth-order valence-electron chi connectivity index (χ4n) is 6.49. The maximum Gasteiger partial charge on any atom is 0.254 e. The Balaban J connectivity index is 0.000000179. The normalized spacial score (nSPS) is 11.9. The van der Waals surface area contributed by atoms with Gasteiger partial charge in [0.1, 0.15) is 28.0 Å².